The number of carbonyl (C=O) groups excluding carboxylic acids is 2. The standard InChI is InChI=1S/C23H30ClNO3/c24-20-3-1-15(2-4-20)10-19(22(27)28)11-21(26)25-6-5-23-12-16-7-17(13-23)9-18(8-16)14-23/h1-4,16-19H,5-14H2,(H,25,26)(H,27,28)/p-1/t16?,17?,18?,19-,23?/m1/s1. The Hall–Kier alpha value is -1.55. The summed E-state index contributed by atoms with van der Waals surface area (Å²) in [4.78, 5) is 23.9. The second-order valence-corrected chi connectivity index (χ2v) is 10.0. The topological polar surface area (TPSA) is 69.2 Å². The van der Waals surface area contributed by atoms with Crippen LogP contribution in [-0.4, -0.2) is 18.4 Å². The summed E-state index contributed by atoms with van der Waals surface area (Å²) in [5.74, 6) is 0.538. The van der Waals surface area contributed by atoms with E-state index in [0.717, 1.165) is 29.7 Å². The van der Waals surface area contributed by atoms with Gasteiger partial charge in [0.05, 0.1) is 0 Å². The number of carboxylic acids is 1. The second-order valence-electron chi connectivity index (χ2n) is 9.57. The molecule has 1 amide bonds. The summed E-state index contributed by atoms with van der Waals surface area (Å²) in [6.07, 6.45) is 9.52. The van der Waals surface area contributed by atoms with Gasteiger partial charge in [-0.2, -0.15) is 0 Å². The van der Waals surface area contributed by atoms with Crippen LogP contribution in [0.2, 0.25) is 5.02 Å². The lowest BCUT2D eigenvalue weighted by Gasteiger charge is -2.57. The number of carbonyl (C=O) groups is 2. The molecule has 4 aliphatic carbocycles. The summed E-state index contributed by atoms with van der Waals surface area (Å²) < 4.78 is 0. The predicted octanol–water partition coefficient (Wildman–Crippen LogP) is 3.36. The fraction of sp³-hybridized carbons (Fsp3) is 0.652. The quantitative estimate of drug-likeness (QED) is 0.724. The minimum Gasteiger partial charge on any atom is -0.550 e. The molecule has 4 aliphatic rings. The average Bonchev–Trinajstić information content (AvgIpc) is 2.61. The maximum Gasteiger partial charge on any atom is 0.220 e. The molecule has 0 aromatic heterocycles. The summed E-state index contributed by atoms with van der Waals surface area (Å²) in [6, 6.07) is 7.05. The maximum absolute atomic E-state index is 12.4. The lowest BCUT2D eigenvalue weighted by Crippen LogP contribution is -2.47. The molecule has 28 heavy (non-hydrogen) atoms. The highest BCUT2D eigenvalue weighted by atomic mass is 35.5. The van der Waals surface area contributed by atoms with Crippen molar-refractivity contribution in [3.8, 4) is 0 Å². The van der Waals surface area contributed by atoms with Gasteiger partial charge in [0.2, 0.25) is 5.91 Å². The van der Waals surface area contributed by atoms with E-state index < -0.39 is 11.9 Å². The molecule has 0 aliphatic heterocycles. The maximum atomic E-state index is 12.4. The number of rotatable bonds is 8. The van der Waals surface area contributed by atoms with Crippen molar-refractivity contribution in [1.29, 1.82) is 0 Å². The zero-order chi connectivity index (χ0) is 19.7. The van der Waals surface area contributed by atoms with Gasteiger partial charge in [0, 0.05) is 29.9 Å². The van der Waals surface area contributed by atoms with E-state index in [4.69, 9.17) is 11.6 Å². The van der Waals surface area contributed by atoms with Crippen LogP contribution in [0.15, 0.2) is 24.3 Å². The van der Waals surface area contributed by atoms with Gasteiger partial charge in [-0.25, -0.2) is 0 Å². The molecule has 0 radical (unpaired) electrons. The molecule has 1 atom stereocenters. The van der Waals surface area contributed by atoms with Crippen LogP contribution < -0.4 is 10.4 Å². The first-order valence-corrected chi connectivity index (χ1v) is 11.0. The third kappa shape index (κ3) is 4.53. The Morgan fingerprint density at radius 1 is 1.07 bits per heavy atom. The molecule has 152 valence electrons. The summed E-state index contributed by atoms with van der Waals surface area (Å²) in [7, 11) is 0. The molecule has 1 N–H and O–H groups in total. The second kappa shape index (κ2) is 8.06. The van der Waals surface area contributed by atoms with Crippen molar-refractivity contribution in [1.82, 2.24) is 5.32 Å². The van der Waals surface area contributed by atoms with Gasteiger partial charge in [-0.05, 0) is 92.2 Å². The average molecular weight is 403 g/mol. The van der Waals surface area contributed by atoms with Crippen LogP contribution >= 0.6 is 11.6 Å². The number of hydrogen-bond acceptors (Lipinski definition) is 3. The molecule has 0 heterocycles. The SMILES string of the molecule is O=C(C[C@@H](Cc1ccc(Cl)cc1)C(=O)[O-])NCCC12CC3CC(CC(C3)C1)C2. The Kier molecular flexibility index (Phi) is 5.69. The summed E-state index contributed by atoms with van der Waals surface area (Å²) in [6.45, 7) is 0.658. The van der Waals surface area contributed by atoms with E-state index in [0.29, 0.717) is 17.0 Å². The van der Waals surface area contributed by atoms with Gasteiger partial charge in [0.25, 0.3) is 0 Å². The molecule has 4 fully saturated rings. The molecule has 4 nitrogen and oxygen atoms in total. The monoisotopic (exact) mass is 402 g/mol. The van der Waals surface area contributed by atoms with Gasteiger partial charge >= 0.3 is 0 Å². The van der Waals surface area contributed by atoms with Crippen molar-refractivity contribution in [3.05, 3.63) is 34.9 Å². The Labute approximate surface area is 172 Å². The van der Waals surface area contributed by atoms with E-state index in [1.165, 1.54) is 38.5 Å². The Morgan fingerprint density at radius 3 is 2.18 bits per heavy atom. The first-order chi connectivity index (χ1) is 13.4. The highest BCUT2D eigenvalue weighted by Crippen LogP contribution is 2.61. The van der Waals surface area contributed by atoms with E-state index >= 15 is 0 Å². The van der Waals surface area contributed by atoms with Crippen LogP contribution in [0, 0.1) is 29.1 Å². The predicted molar refractivity (Wildman–Crippen MR) is 107 cm³/mol. The summed E-state index contributed by atoms with van der Waals surface area (Å²) >= 11 is 5.87. The van der Waals surface area contributed by atoms with Crippen molar-refractivity contribution < 1.29 is 14.7 Å². The zero-order valence-electron chi connectivity index (χ0n) is 16.3. The van der Waals surface area contributed by atoms with Gasteiger partial charge in [-0.3, -0.25) is 4.79 Å². The van der Waals surface area contributed by atoms with Gasteiger partial charge in [0.15, 0.2) is 0 Å². The molecular formula is C23H29ClNO3-. The smallest absolute Gasteiger partial charge is 0.220 e. The summed E-state index contributed by atoms with van der Waals surface area (Å²) in [5.41, 5.74) is 1.28. The fourth-order valence-electron chi connectivity index (χ4n) is 6.50. The molecule has 0 unspecified atom stereocenters. The Balaban J connectivity index is 1.26. The van der Waals surface area contributed by atoms with Crippen molar-refractivity contribution in [2.75, 3.05) is 6.54 Å². The number of hydrogen-bond donors (Lipinski definition) is 1. The molecule has 4 bridgehead atoms. The number of benzene rings is 1. The Bertz CT molecular complexity index is 695. The van der Waals surface area contributed by atoms with Crippen LogP contribution in [0.5, 0.6) is 0 Å². The van der Waals surface area contributed by atoms with Crippen LogP contribution in [0.25, 0.3) is 0 Å². The third-order valence-electron chi connectivity index (χ3n) is 7.30. The Morgan fingerprint density at radius 2 is 1.64 bits per heavy atom. The van der Waals surface area contributed by atoms with E-state index in [1.54, 1.807) is 24.3 Å². The van der Waals surface area contributed by atoms with Gasteiger partial charge in [-0.15, -0.1) is 0 Å². The largest absolute Gasteiger partial charge is 0.550 e. The van der Waals surface area contributed by atoms with Gasteiger partial charge in [-0.1, -0.05) is 23.7 Å². The van der Waals surface area contributed by atoms with E-state index in [9.17, 15) is 14.7 Å². The van der Waals surface area contributed by atoms with Crippen molar-refractivity contribution in [2.45, 2.75) is 57.8 Å². The van der Waals surface area contributed by atoms with Crippen LogP contribution in [0.4, 0.5) is 0 Å². The first kappa shape index (κ1) is 19.8. The van der Waals surface area contributed by atoms with Crippen LogP contribution in [0.1, 0.15) is 56.9 Å². The number of halogens is 1. The molecule has 1 aromatic carbocycles. The zero-order valence-corrected chi connectivity index (χ0v) is 17.0. The first-order valence-electron chi connectivity index (χ1n) is 10.6. The highest BCUT2D eigenvalue weighted by molar-refractivity contribution is 6.30. The lowest BCUT2D eigenvalue weighted by molar-refractivity contribution is -0.311. The normalized spacial score (nSPS) is 31.5. The molecule has 5 rings (SSSR count). The number of aliphatic carboxylic acids is 1. The molecule has 0 saturated heterocycles. The summed E-state index contributed by atoms with van der Waals surface area (Å²) in [5, 5.41) is 15.1. The van der Waals surface area contributed by atoms with Crippen LogP contribution in [0.3, 0.4) is 0 Å². The molecular weight excluding hydrogens is 374 g/mol. The van der Waals surface area contributed by atoms with Crippen molar-refractivity contribution in [2.24, 2.45) is 29.1 Å². The van der Waals surface area contributed by atoms with Gasteiger partial charge in [0.1, 0.15) is 0 Å². The van der Waals surface area contributed by atoms with Gasteiger partial charge < -0.3 is 15.2 Å². The van der Waals surface area contributed by atoms with E-state index in [1.807, 2.05) is 0 Å². The minimum atomic E-state index is -1.17. The number of carboxylic acid groups (broad SMARTS) is 1. The lowest BCUT2D eigenvalue weighted by atomic mass is 9.49. The number of amides is 1. The molecule has 1 aromatic rings. The highest BCUT2D eigenvalue weighted by Gasteiger charge is 2.50. The van der Waals surface area contributed by atoms with E-state index in [2.05, 4.69) is 5.32 Å². The fourth-order valence-corrected chi connectivity index (χ4v) is 6.63. The van der Waals surface area contributed by atoms with Crippen molar-refractivity contribution >= 4 is 23.5 Å². The third-order valence-corrected chi connectivity index (χ3v) is 7.56. The molecule has 5 heteroatoms. The van der Waals surface area contributed by atoms with Crippen LogP contribution in [-0.2, 0) is 16.0 Å². The molecule has 4 saturated carbocycles. The minimum absolute atomic E-state index is 0.0359. The number of nitrogens with one attached hydrogen (secondary N) is 1. The van der Waals surface area contributed by atoms with E-state index in [-0.39, 0.29) is 18.7 Å². The molecule has 0 spiro atoms. The van der Waals surface area contributed by atoms with Crippen molar-refractivity contribution in [3.63, 3.8) is 0 Å².